The maximum atomic E-state index is 12.6. The van der Waals surface area contributed by atoms with Crippen LogP contribution in [0.5, 0.6) is 0 Å². The molecule has 0 bridgehead atoms. The maximum Gasteiger partial charge on any atom is 0.253 e. The molecular formula is C16H20N4O2. The minimum atomic E-state index is -0.354. The van der Waals surface area contributed by atoms with Crippen molar-refractivity contribution in [3.63, 3.8) is 0 Å². The zero-order chi connectivity index (χ0) is 15.7. The zero-order valence-electron chi connectivity index (χ0n) is 12.8. The number of benzene rings is 1. The van der Waals surface area contributed by atoms with Crippen molar-refractivity contribution in [2.24, 2.45) is 5.41 Å². The molecule has 116 valence electrons. The molecule has 1 amide bonds. The molecule has 1 aromatic carbocycles. The Bertz CT molecular complexity index is 649. The zero-order valence-corrected chi connectivity index (χ0v) is 12.8. The number of nitrogens with zero attached hydrogens (tertiary/aromatic N) is 4. The Morgan fingerprint density at radius 2 is 1.86 bits per heavy atom. The van der Waals surface area contributed by atoms with Crippen molar-refractivity contribution in [1.29, 1.82) is 0 Å². The molecule has 1 aliphatic heterocycles. The topological polar surface area (TPSA) is 71.2 Å². The Balaban J connectivity index is 1.75. The summed E-state index contributed by atoms with van der Waals surface area (Å²) < 4.78 is 1.79. The number of hydrogen-bond acceptors (Lipinski definition) is 4. The molecule has 1 saturated heterocycles. The second-order valence-corrected chi connectivity index (χ2v) is 6.44. The van der Waals surface area contributed by atoms with E-state index in [1.807, 2.05) is 43.0 Å². The third-order valence-corrected chi connectivity index (χ3v) is 4.29. The molecule has 1 N–H and O–H groups in total. The number of piperidine rings is 1. The third-order valence-electron chi connectivity index (χ3n) is 4.29. The van der Waals surface area contributed by atoms with Crippen molar-refractivity contribution in [2.75, 3.05) is 13.1 Å². The van der Waals surface area contributed by atoms with Gasteiger partial charge in [-0.2, -0.15) is 0 Å². The first kappa shape index (κ1) is 14.7. The van der Waals surface area contributed by atoms with Crippen LogP contribution in [0.2, 0.25) is 0 Å². The maximum absolute atomic E-state index is 12.6. The SMILES string of the molecule is CC1(C)CN(C(=O)c2ccc(-n3cnnc3)cc2)CCC1O. The lowest BCUT2D eigenvalue weighted by Crippen LogP contribution is -2.50. The van der Waals surface area contributed by atoms with Gasteiger partial charge in [-0.3, -0.25) is 9.36 Å². The lowest BCUT2D eigenvalue weighted by atomic mass is 9.81. The highest BCUT2D eigenvalue weighted by Gasteiger charge is 2.36. The van der Waals surface area contributed by atoms with Gasteiger partial charge in [0.05, 0.1) is 6.10 Å². The summed E-state index contributed by atoms with van der Waals surface area (Å²) in [4.78, 5) is 14.4. The summed E-state index contributed by atoms with van der Waals surface area (Å²) in [6.07, 6.45) is 3.50. The van der Waals surface area contributed by atoms with E-state index in [2.05, 4.69) is 10.2 Å². The second-order valence-electron chi connectivity index (χ2n) is 6.44. The summed E-state index contributed by atoms with van der Waals surface area (Å²) in [5.41, 5.74) is 1.30. The number of hydrogen-bond donors (Lipinski definition) is 1. The molecule has 2 aromatic rings. The normalized spacial score (nSPS) is 20.9. The van der Waals surface area contributed by atoms with E-state index in [0.717, 1.165) is 5.69 Å². The van der Waals surface area contributed by atoms with Gasteiger partial charge in [0.15, 0.2) is 0 Å². The van der Waals surface area contributed by atoms with E-state index in [1.165, 1.54) is 0 Å². The minimum absolute atomic E-state index is 0.00952. The fourth-order valence-corrected chi connectivity index (χ4v) is 2.81. The lowest BCUT2D eigenvalue weighted by molar-refractivity contribution is -0.0182. The molecule has 1 fully saturated rings. The van der Waals surface area contributed by atoms with Crippen LogP contribution < -0.4 is 0 Å². The fraction of sp³-hybridized carbons (Fsp3) is 0.438. The second kappa shape index (κ2) is 5.53. The van der Waals surface area contributed by atoms with Crippen LogP contribution in [-0.2, 0) is 0 Å². The number of aliphatic hydroxyl groups is 1. The van der Waals surface area contributed by atoms with Gasteiger partial charge in [0.1, 0.15) is 12.7 Å². The van der Waals surface area contributed by atoms with E-state index in [4.69, 9.17) is 0 Å². The number of carbonyl (C=O) groups is 1. The standard InChI is InChI=1S/C16H20N4O2/c1-16(2)9-19(8-7-14(16)21)15(22)12-3-5-13(6-4-12)20-10-17-18-11-20/h3-6,10-11,14,21H,7-9H2,1-2H3. The molecule has 1 unspecified atom stereocenters. The van der Waals surface area contributed by atoms with Gasteiger partial charge in [-0.1, -0.05) is 13.8 Å². The van der Waals surface area contributed by atoms with Crippen LogP contribution in [0.1, 0.15) is 30.6 Å². The number of amides is 1. The van der Waals surface area contributed by atoms with Gasteiger partial charge < -0.3 is 10.0 Å². The lowest BCUT2D eigenvalue weighted by Gasteiger charge is -2.41. The van der Waals surface area contributed by atoms with Crippen molar-refractivity contribution in [1.82, 2.24) is 19.7 Å². The number of carbonyl (C=O) groups excluding carboxylic acids is 1. The molecule has 6 heteroatoms. The summed E-state index contributed by atoms with van der Waals surface area (Å²) in [5, 5.41) is 17.5. The molecule has 2 heterocycles. The molecule has 1 aliphatic rings. The highest BCUT2D eigenvalue weighted by Crippen LogP contribution is 2.29. The van der Waals surface area contributed by atoms with Crippen LogP contribution in [0.4, 0.5) is 0 Å². The molecule has 0 radical (unpaired) electrons. The van der Waals surface area contributed by atoms with Crippen molar-refractivity contribution < 1.29 is 9.90 Å². The summed E-state index contributed by atoms with van der Waals surface area (Å²) in [5.74, 6) is 0.00952. The molecule has 22 heavy (non-hydrogen) atoms. The number of aliphatic hydroxyl groups excluding tert-OH is 1. The van der Waals surface area contributed by atoms with Crippen LogP contribution in [0, 0.1) is 5.41 Å². The van der Waals surface area contributed by atoms with Gasteiger partial charge >= 0.3 is 0 Å². The van der Waals surface area contributed by atoms with E-state index >= 15 is 0 Å². The van der Waals surface area contributed by atoms with Crippen molar-refractivity contribution in [2.45, 2.75) is 26.4 Å². The smallest absolute Gasteiger partial charge is 0.253 e. The molecular weight excluding hydrogens is 280 g/mol. The number of aromatic nitrogens is 3. The first-order valence-corrected chi connectivity index (χ1v) is 7.40. The molecule has 0 spiro atoms. The number of likely N-dealkylation sites (tertiary alicyclic amines) is 1. The van der Waals surface area contributed by atoms with E-state index in [9.17, 15) is 9.90 Å². The minimum Gasteiger partial charge on any atom is -0.392 e. The molecule has 3 rings (SSSR count). The predicted molar refractivity (Wildman–Crippen MR) is 81.7 cm³/mol. The van der Waals surface area contributed by atoms with Crippen LogP contribution in [0.15, 0.2) is 36.9 Å². The van der Waals surface area contributed by atoms with Gasteiger partial charge in [-0.15, -0.1) is 10.2 Å². The van der Waals surface area contributed by atoms with Crippen LogP contribution in [-0.4, -0.2) is 49.9 Å². The van der Waals surface area contributed by atoms with Crippen LogP contribution in [0.25, 0.3) is 5.69 Å². The number of rotatable bonds is 2. The Labute approximate surface area is 129 Å². The van der Waals surface area contributed by atoms with Crippen molar-refractivity contribution in [3.8, 4) is 5.69 Å². The van der Waals surface area contributed by atoms with Gasteiger partial charge in [0, 0.05) is 29.8 Å². The molecule has 1 aromatic heterocycles. The van der Waals surface area contributed by atoms with Crippen LogP contribution >= 0.6 is 0 Å². The highest BCUT2D eigenvalue weighted by molar-refractivity contribution is 5.94. The molecule has 0 saturated carbocycles. The van der Waals surface area contributed by atoms with E-state index in [-0.39, 0.29) is 17.4 Å². The van der Waals surface area contributed by atoms with E-state index < -0.39 is 0 Å². The largest absolute Gasteiger partial charge is 0.392 e. The summed E-state index contributed by atoms with van der Waals surface area (Å²) >= 11 is 0. The molecule has 0 aliphatic carbocycles. The molecule has 1 atom stereocenters. The average molecular weight is 300 g/mol. The first-order valence-electron chi connectivity index (χ1n) is 7.40. The fourth-order valence-electron chi connectivity index (χ4n) is 2.81. The van der Waals surface area contributed by atoms with Gasteiger partial charge in [-0.05, 0) is 30.7 Å². The summed E-state index contributed by atoms with van der Waals surface area (Å²) in [7, 11) is 0. The van der Waals surface area contributed by atoms with E-state index in [0.29, 0.717) is 25.1 Å². The quantitative estimate of drug-likeness (QED) is 0.912. The van der Waals surface area contributed by atoms with E-state index in [1.54, 1.807) is 17.2 Å². The average Bonchev–Trinajstić information content (AvgIpc) is 3.04. The van der Waals surface area contributed by atoms with Crippen LogP contribution in [0.3, 0.4) is 0 Å². The van der Waals surface area contributed by atoms with Gasteiger partial charge in [0.25, 0.3) is 5.91 Å². The summed E-state index contributed by atoms with van der Waals surface area (Å²) in [6, 6.07) is 7.38. The van der Waals surface area contributed by atoms with Crippen molar-refractivity contribution >= 4 is 5.91 Å². The Kier molecular flexibility index (Phi) is 3.70. The molecule has 6 nitrogen and oxygen atoms in total. The monoisotopic (exact) mass is 300 g/mol. The predicted octanol–water partition coefficient (Wildman–Crippen LogP) is 1.50. The van der Waals surface area contributed by atoms with Crippen molar-refractivity contribution in [3.05, 3.63) is 42.5 Å². The Hall–Kier alpha value is -2.21. The van der Waals surface area contributed by atoms with Gasteiger partial charge in [-0.25, -0.2) is 0 Å². The highest BCUT2D eigenvalue weighted by atomic mass is 16.3. The first-order chi connectivity index (χ1) is 10.5. The van der Waals surface area contributed by atoms with Gasteiger partial charge in [0.2, 0.25) is 0 Å². The Morgan fingerprint density at radius 1 is 1.23 bits per heavy atom. The third kappa shape index (κ3) is 2.74. The Morgan fingerprint density at radius 3 is 2.45 bits per heavy atom. The summed E-state index contributed by atoms with van der Waals surface area (Å²) in [6.45, 7) is 5.15.